The molecule has 0 aliphatic rings. The molecule has 2 rings (SSSR count). The van der Waals surface area contributed by atoms with Crippen molar-refractivity contribution in [2.75, 3.05) is 25.5 Å². The Hall–Kier alpha value is -2.63. The summed E-state index contributed by atoms with van der Waals surface area (Å²) in [6.07, 6.45) is 1.31. The number of hydrogen-bond donors (Lipinski definition) is 2. The van der Waals surface area contributed by atoms with E-state index in [1.54, 1.807) is 30.1 Å². The summed E-state index contributed by atoms with van der Waals surface area (Å²) >= 11 is 0. The number of carboxylic acids is 1. The van der Waals surface area contributed by atoms with E-state index in [0.717, 1.165) is 0 Å². The van der Waals surface area contributed by atoms with E-state index in [2.05, 4.69) is 10.3 Å². The SMILES string of the molecule is CCN(C)C(=O)CNc1c(C(=O)O)cnc2ccccc12. The van der Waals surface area contributed by atoms with Gasteiger partial charge in [0.2, 0.25) is 5.91 Å². The van der Waals surface area contributed by atoms with Gasteiger partial charge in [-0.2, -0.15) is 0 Å². The highest BCUT2D eigenvalue weighted by Gasteiger charge is 2.15. The van der Waals surface area contributed by atoms with E-state index < -0.39 is 5.97 Å². The van der Waals surface area contributed by atoms with Gasteiger partial charge in [0.1, 0.15) is 5.56 Å². The molecule has 0 fully saturated rings. The predicted octanol–water partition coefficient (Wildman–Crippen LogP) is 1.82. The number of rotatable bonds is 5. The summed E-state index contributed by atoms with van der Waals surface area (Å²) in [5.41, 5.74) is 1.16. The summed E-state index contributed by atoms with van der Waals surface area (Å²) in [7, 11) is 1.70. The Kier molecular flexibility index (Phi) is 4.37. The molecule has 0 aliphatic carbocycles. The van der Waals surface area contributed by atoms with Crippen molar-refractivity contribution in [3.8, 4) is 0 Å². The van der Waals surface area contributed by atoms with Gasteiger partial charge >= 0.3 is 5.97 Å². The van der Waals surface area contributed by atoms with Crippen molar-refractivity contribution >= 4 is 28.5 Å². The van der Waals surface area contributed by atoms with E-state index in [4.69, 9.17) is 0 Å². The molecule has 0 atom stereocenters. The maximum absolute atomic E-state index is 11.9. The molecule has 0 unspecified atom stereocenters. The molecule has 0 spiro atoms. The predicted molar refractivity (Wildman–Crippen MR) is 80.5 cm³/mol. The standard InChI is InChI=1S/C15H17N3O3/c1-3-18(2)13(19)9-17-14-10-6-4-5-7-12(10)16-8-11(14)15(20)21/h4-8H,3,9H2,1-2H3,(H,16,17)(H,20,21). The lowest BCUT2D eigenvalue weighted by Gasteiger charge is -2.17. The van der Waals surface area contributed by atoms with E-state index in [1.807, 2.05) is 13.0 Å². The first-order chi connectivity index (χ1) is 10.0. The molecule has 0 aliphatic heterocycles. The second kappa shape index (κ2) is 6.21. The van der Waals surface area contributed by atoms with Gasteiger partial charge in [-0.15, -0.1) is 0 Å². The molecule has 6 heteroatoms. The van der Waals surface area contributed by atoms with Crippen LogP contribution in [-0.2, 0) is 4.79 Å². The minimum Gasteiger partial charge on any atom is -0.478 e. The molecule has 2 aromatic rings. The number of carboxylic acid groups (broad SMARTS) is 1. The van der Waals surface area contributed by atoms with E-state index in [-0.39, 0.29) is 18.0 Å². The second-order valence-electron chi connectivity index (χ2n) is 4.63. The van der Waals surface area contributed by atoms with Crippen molar-refractivity contribution in [3.05, 3.63) is 36.0 Å². The highest BCUT2D eigenvalue weighted by atomic mass is 16.4. The molecule has 1 aromatic carbocycles. The summed E-state index contributed by atoms with van der Waals surface area (Å²) in [6, 6.07) is 7.22. The first-order valence-electron chi connectivity index (χ1n) is 6.63. The van der Waals surface area contributed by atoms with Crippen LogP contribution in [0, 0.1) is 0 Å². The topological polar surface area (TPSA) is 82.5 Å². The van der Waals surface area contributed by atoms with Gasteiger partial charge in [-0.1, -0.05) is 18.2 Å². The highest BCUT2D eigenvalue weighted by Crippen LogP contribution is 2.25. The number of likely N-dealkylation sites (N-methyl/N-ethyl adjacent to an activating group) is 1. The molecule has 21 heavy (non-hydrogen) atoms. The highest BCUT2D eigenvalue weighted by molar-refractivity contribution is 6.04. The molecule has 110 valence electrons. The Labute approximate surface area is 122 Å². The van der Waals surface area contributed by atoms with Crippen LogP contribution in [0.1, 0.15) is 17.3 Å². The Morgan fingerprint density at radius 1 is 1.33 bits per heavy atom. The maximum Gasteiger partial charge on any atom is 0.339 e. The number of anilines is 1. The average molecular weight is 287 g/mol. The molecular formula is C15H17N3O3. The van der Waals surface area contributed by atoms with Gasteiger partial charge in [-0.3, -0.25) is 9.78 Å². The van der Waals surface area contributed by atoms with Gasteiger partial charge in [0.25, 0.3) is 0 Å². The number of aromatic carboxylic acids is 1. The number of benzene rings is 1. The number of aromatic nitrogens is 1. The quantitative estimate of drug-likeness (QED) is 0.876. The zero-order chi connectivity index (χ0) is 15.4. The third kappa shape index (κ3) is 3.10. The Balaban J connectivity index is 2.38. The van der Waals surface area contributed by atoms with Crippen LogP contribution in [0.2, 0.25) is 0 Å². The molecule has 6 nitrogen and oxygen atoms in total. The number of fused-ring (bicyclic) bond motifs is 1. The zero-order valence-corrected chi connectivity index (χ0v) is 12.0. The van der Waals surface area contributed by atoms with Crippen molar-refractivity contribution in [1.29, 1.82) is 0 Å². The van der Waals surface area contributed by atoms with Gasteiger partial charge in [0, 0.05) is 25.2 Å². The maximum atomic E-state index is 11.9. The molecular weight excluding hydrogens is 270 g/mol. The number of pyridine rings is 1. The van der Waals surface area contributed by atoms with Gasteiger partial charge in [0.15, 0.2) is 0 Å². The average Bonchev–Trinajstić information content (AvgIpc) is 2.50. The molecule has 1 heterocycles. The van der Waals surface area contributed by atoms with Crippen LogP contribution in [0.4, 0.5) is 5.69 Å². The van der Waals surface area contributed by atoms with Gasteiger partial charge in [0.05, 0.1) is 17.7 Å². The van der Waals surface area contributed by atoms with Crippen LogP contribution in [0.25, 0.3) is 10.9 Å². The van der Waals surface area contributed by atoms with Crippen LogP contribution >= 0.6 is 0 Å². The first-order valence-corrected chi connectivity index (χ1v) is 6.63. The molecule has 0 radical (unpaired) electrons. The summed E-state index contributed by atoms with van der Waals surface area (Å²) in [6.45, 7) is 2.52. The van der Waals surface area contributed by atoms with E-state index in [0.29, 0.717) is 23.1 Å². The Bertz CT molecular complexity index is 685. The van der Waals surface area contributed by atoms with Crippen LogP contribution in [0.3, 0.4) is 0 Å². The van der Waals surface area contributed by atoms with Crippen molar-refractivity contribution in [3.63, 3.8) is 0 Å². The minimum atomic E-state index is -1.08. The fourth-order valence-electron chi connectivity index (χ4n) is 1.97. The number of carbonyl (C=O) groups is 2. The van der Waals surface area contributed by atoms with Crippen LogP contribution in [0.15, 0.2) is 30.5 Å². The Morgan fingerprint density at radius 2 is 2.05 bits per heavy atom. The van der Waals surface area contributed by atoms with Crippen LogP contribution < -0.4 is 5.32 Å². The molecule has 1 aromatic heterocycles. The summed E-state index contributed by atoms with van der Waals surface area (Å²) in [4.78, 5) is 28.9. The van der Waals surface area contributed by atoms with Gasteiger partial charge in [-0.25, -0.2) is 4.79 Å². The number of nitrogens with zero attached hydrogens (tertiary/aromatic N) is 2. The van der Waals surface area contributed by atoms with Crippen LogP contribution in [0.5, 0.6) is 0 Å². The third-order valence-corrected chi connectivity index (χ3v) is 3.32. The van der Waals surface area contributed by atoms with Crippen LogP contribution in [-0.4, -0.2) is 47.0 Å². The zero-order valence-electron chi connectivity index (χ0n) is 12.0. The monoisotopic (exact) mass is 287 g/mol. The second-order valence-corrected chi connectivity index (χ2v) is 4.63. The fraction of sp³-hybridized carbons (Fsp3) is 0.267. The van der Waals surface area contributed by atoms with Crippen molar-refractivity contribution in [2.45, 2.75) is 6.92 Å². The number of nitrogens with one attached hydrogen (secondary N) is 1. The lowest BCUT2D eigenvalue weighted by atomic mass is 10.1. The molecule has 1 amide bonds. The molecule has 2 N–H and O–H groups in total. The lowest BCUT2D eigenvalue weighted by molar-refractivity contribution is -0.127. The normalized spacial score (nSPS) is 10.4. The first kappa shape index (κ1) is 14.8. The van der Waals surface area contributed by atoms with E-state index in [1.165, 1.54) is 6.20 Å². The molecule has 0 saturated carbocycles. The largest absolute Gasteiger partial charge is 0.478 e. The van der Waals surface area contributed by atoms with E-state index >= 15 is 0 Å². The lowest BCUT2D eigenvalue weighted by Crippen LogP contribution is -2.32. The number of para-hydroxylation sites is 1. The summed E-state index contributed by atoms with van der Waals surface area (Å²) in [5.74, 6) is -1.18. The van der Waals surface area contributed by atoms with Crippen molar-refractivity contribution in [2.24, 2.45) is 0 Å². The van der Waals surface area contributed by atoms with Gasteiger partial charge in [-0.05, 0) is 13.0 Å². The van der Waals surface area contributed by atoms with Gasteiger partial charge < -0.3 is 15.3 Å². The Morgan fingerprint density at radius 3 is 2.71 bits per heavy atom. The number of amides is 1. The number of carbonyl (C=O) groups excluding carboxylic acids is 1. The molecule has 0 bridgehead atoms. The van der Waals surface area contributed by atoms with Crippen molar-refractivity contribution < 1.29 is 14.7 Å². The van der Waals surface area contributed by atoms with Crippen molar-refractivity contribution in [1.82, 2.24) is 9.88 Å². The minimum absolute atomic E-state index is 0.0403. The third-order valence-electron chi connectivity index (χ3n) is 3.32. The number of hydrogen-bond acceptors (Lipinski definition) is 4. The smallest absolute Gasteiger partial charge is 0.339 e. The van der Waals surface area contributed by atoms with E-state index in [9.17, 15) is 14.7 Å². The molecule has 0 saturated heterocycles. The summed E-state index contributed by atoms with van der Waals surface area (Å²) in [5, 5.41) is 12.9. The fourth-order valence-corrected chi connectivity index (χ4v) is 1.97. The summed E-state index contributed by atoms with van der Waals surface area (Å²) < 4.78 is 0.